The number of carbonyl (C=O) groups is 1. The smallest absolute Gasteiger partial charge is 0.315 e. The van der Waals surface area contributed by atoms with Gasteiger partial charge in [-0.3, -0.25) is 4.90 Å². The molecule has 0 bridgehead atoms. The number of hydrogen-bond donors (Lipinski definition) is 2. The number of likely N-dealkylation sites (tertiary alicyclic amines) is 1. The van der Waals surface area contributed by atoms with Gasteiger partial charge in [-0.2, -0.15) is 0 Å². The van der Waals surface area contributed by atoms with Crippen LogP contribution in [0.4, 0.5) is 4.79 Å². The van der Waals surface area contributed by atoms with Gasteiger partial charge in [-0.25, -0.2) is 4.79 Å². The lowest BCUT2D eigenvalue weighted by Gasteiger charge is -2.33. The largest absolute Gasteiger partial charge is 0.467 e. The molecule has 0 unspecified atom stereocenters. The van der Waals surface area contributed by atoms with E-state index < -0.39 is 0 Å². The normalized spacial score (nSPS) is 17.8. The van der Waals surface area contributed by atoms with Crippen LogP contribution in [0.25, 0.3) is 0 Å². The van der Waals surface area contributed by atoms with Crippen molar-refractivity contribution in [2.24, 2.45) is 5.92 Å². The average molecular weight is 370 g/mol. The molecule has 0 spiro atoms. The fourth-order valence-electron chi connectivity index (χ4n) is 3.64. The van der Waals surface area contributed by atoms with E-state index in [0.717, 1.165) is 44.7 Å². The summed E-state index contributed by atoms with van der Waals surface area (Å²) in [6.07, 6.45) is 4.87. The lowest BCUT2D eigenvalue weighted by Crippen LogP contribution is -2.50. The number of carbonyl (C=O) groups excluding carboxylic acids is 1. The number of rotatable bonds is 7. The van der Waals surface area contributed by atoms with Gasteiger partial charge in [-0.1, -0.05) is 38.1 Å². The minimum atomic E-state index is -0.128. The molecule has 1 fully saturated rings. The SMILES string of the molecule is CC(C)Cc1ccc(CN2CCC[C@@H](NC(=O)NCc3ccco3)C2)cc1. The van der Waals surface area contributed by atoms with Crippen LogP contribution in [0.1, 0.15) is 43.6 Å². The molecule has 5 heteroatoms. The van der Waals surface area contributed by atoms with Gasteiger partial charge in [0.15, 0.2) is 0 Å². The standard InChI is InChI=1S/C22H31N3O2/c1-17(2)13-18-7-9-19(10-8-18)15-25-11-3-5-20(16-25)24-22(26)23-14-21-6-4-12-27-21/h4,6-10,12,17,20H,3,5,11,13-16H2,1-2H3,(H2,23,24,26)/t20-/m1/s1. The molecule has 0 aliphatic carbocycles. The zero-order valence-corrected chi connectivity index (χ0v) is 16.4. The first kappa shape index (κ1) is 19.5. The van der Waals surface area contributed by atoms with Gasteiger partial charge in [0.25, 0.3) is 0 Å². The summed E-state index contributed by atoms with van der Waals surface area (Å²) in [5, 5.41) is 5.95. The summed E-state index contributed by atoms with van der Waals surface area (Å²) < 4.78 is 5.24. The molecule has 1 aromatic heterocycles. The Labute approximate surface area is 162 Å². The number of benzene rings is 1. The maximum Gasteiger partial charge on any atom is 0.315 e. The van der Waals surface area contributed by atoms with Crippen LogP contribution in [0.15, 0.2) is 47.1 Å². The zero-order chi connectivity index (χ0) is 19.1. The molecule has 5 nitrogen and oxygen atoms in total. The quantitative estimate of drug-likeness (QED) is 0.777. The van der Waals surface area contributed by atoms with Crippen LogP contribution in [0.5, 0.6) is 0 Å². The fraction of sp³-hybridized carbons (Fsp3) is 0.500. The molecule has 1 aromatic carbocycles. The lowest BCUT2D eigenvalue weighted by molar-refractivity contribution is 0.180. The maximum absolute atomic E-state index is 12.1. The number of urea groups is 1. The van der Waals surface area contributed by atoms with Crippen molar-refractivity contribution in [2.75, 3.05) is 13.1 Å². The van der Waals surface area contributed by atoms with E-state index in [0.29, 0.717) is 12.5 Å². The first-order valence-electron chi connectivity index (χ1n) is 9.95. The van der Waals surface area contributed by atoms with E-state index in [9.17, 15) is 4.79 Å². The highest BCUT2D eigenvalue weighted by molar-refractivity contribution is 5.74. The Morgan fingerprint density at radius 2 is 2.00 bits per heavy atom. The minimum absolute atomic E-state index is 0.128. The number of hydrogen-bond acceptors (Lipinski definition) is 3. The van der Waals surface area contributed by atoms with Gasteiger partial charge in [0.2, 0.25) is 0 Å². The van der Waals surface area contributed by atoms with Crippen LogP contribution < -0.4 is 10.6 Å². The Bertz CT molecular complexity index is 695. The molecule has 0 saturated carbocycles. The molecule has 1 aliphatic heterocycles. The molecule has 2 amide bonds. The highest BCUT2D eigenvalue weighted by atomic mass is 16.3. The van der Waals surface area contributed by atoms with Crippen molar-refractivity contribution in [1.29, 1.82) is 0 Å². The van der Waals surface area contributed by atoms with Crippen LogP contribution >= 0.6 is 0 Å². The Balaban J connectivity index is 1.43. The van der Waals surface area contributed by atoms with E-state index in [1.165, 1.54) is 11.1 Å². The maximum atomic E-state index is 12.1. The first-order valence-corrected chi connectivity index (χ1v) is 9.95. The van der Waals surface area contributed by atoms with E-state index in [1.54, 1.807) is 6.26 Å². The second-order valence-corrected chi connectivity index (χ2v) is 7.90. The third-order valence-electron chi connectivity index (χ3n) is 4.92. The van der Waals surface area contributed by atoms with E-state index in [2.05, 4.69) is 53.6 Å². The third kappa shape index (κ3) is 6.43. The van der Waals surface area contributed by atoms with Crippen LogP contribution in [0, 0.1) is 5.92 Å². The molecular weight excluding hydrogens is 338 g/mol. The Kier molecular flexibility index (Phi) is 6.93. The van der Waals surface area contributed by atoms with Gasteiger partial charge < -0.3 is 15.1 Å². The molecule has 0 radical (unpaired) electrons. The summed E-state index contributed by atoms with van der Waals surface area (Å²) >= 11 is 0. The molecule has 1 atom stereocenters. The van der Waals surface area contributed by atoms with E-state index >= 15 is 0 Å². The van der Waals surface area contributed by atoms with Gasteiger partial charge in [0, 0.05) is 19.1 Å². The second-order valence-electron chi connectivity index (χ2n) is 7.90. The number of furan rings is 1. The Morgan fingerprint density at radius 1 is 1.22 bits per heavy atom. The number of piperidine rings is 1. The van der Waals surface area contributed by atoms with Crippen molar-refractivity contribution in [3.05, 3.63) is 59.5 Å². The van der Waals surface area contributed by atoms with Crippen molar-refractivity contribution in [1.82, 2.24) is 15.5 Å². The summed E-state index contributed by atoms with van der Waals surface area (Å²) in [5.74, 6) is 1.44. The lowest BCUT2D eigenvalue weighted by atomic mass is 10.0. The van der Waals surface area contributed by atoms with Crippen molar-refractivity contribution < 1.29 is 9.21 Å². The van der Waals surface area contributed by atoms with E-state index in [4.69, 9.17) is 4.42 Å². The Hall–Kier alpha value is -2.27. The summed E-state index contributed by atoms with van der Waals surface area (Å²) in [4.78, 5) is 14.5. The van der Waals surface area contributed by atoms with Crippen molar-refractivity contribution >= 4 is 6.03 Å². The summed E-state index contributed by atoms with van der Waals surface area (Å²) in [6, 6.07) is 12.7. The molecule has 2 heterocycles. The predicted molar refractivity (Wildman–Crippen MR) is 107 cm³/mol. The fourth-order valence-corrected chi connectivity index (χ4v) is 3.64. The monoisotopic (exact) mass is 369 g/mol. The molecule has 27 heavy (non-hydrogen) atoms. The molecule has 2 aromatic rings. The highest BCUT2D eigenvalue weighted by Gasteiger charge is 2.21. The van der Waals surface area contributed by atoms with Crippen LogP contribution in [0.3, 0.4) is 0 Å². The van der Waals surface area contributed by atoms with Gasteiger partial charge in [0.05, 0.1) is 12.8 Å². The molecular formula is C22H31N3O2. The summed E-state index contributed by atoms with van der Waals surface area (Å²) in [5.41, 5.74) is 2.74. The minimum Gasteiger partial charge on any atom is -0.467 e. The molecule has 3 rings (SSSR count). The van der Waals surface area contributed by atoms with Gasteiger partial charge in [0.1, 0.15) is 5.76 Å². The second kappa shape index (κ2) is 9.60. The van der Waals surface area contributed by atoms with Gasteiger partial charge >= 0.3 is 6.03 Å². The van der Waals surface area contributed by atoms with Crippen molar-refractivity contribution in [3.8, 4) is 0 Å². The number of nitrogens with one attached hydrogen (secondary N) is 2. The van der Waals surface area contributed by atoms with E-state index in [1.807, 2.05) is 12.1 Å². The zero-order valence-electron chi connectivity index (χ0n) is 16.4. The number of nitrogens with zero attached hydrogens (tertiary/aromatic N) is 1. The highest BCUT2D eigenvalue weighted by Crippen LogP contribution is 2.15. The number of amides is 2. The molecule has 1 saturated heterocycles. The van der Waals surface area contributed by atoms with Crippen LogP contribution in [-0.4, -0.2) is 30.1 Å². The van der Waals surface area contributed by atoms with Gasteiger partial charge in [-0.05, 0) is 55.0 Å². The van der Waals surface area contributed by atoms with E-state index in [-0.39, 0.29) is 12.1 Å². The van der Waals surface area contributed by atoms with Crippen molar-refractivity contribution in [3.63, 3.8) is 0 Å². The summed E-state index contributed by atoms with van der Waals surface area (Å²) in [7, 11) is 0. The predicted octanol–water partition coefficient (Wildman–Crippen LogP) is 3.94. The van der Waals surface area contributed by atoms with Gasteiger partial charge in [-0.15, -0.1) is 0 Å². The topological polar surface area (TPSA) is 57.5 Å². The van der Waals surface area contributed by atoms with Crippen molar-refractivity contribution in [2.45, 2.75) is 52.2 Å². The third-order valence-corrected chi connectivity index (χ3v) is 4.92. The molecule has 1 aliphatic rings. The van der Waals surface area contributed by atoms with Crippen LogP contribution in [0.2, 0.25) is 0 Å². The molecule has 2 N–H and O–H groups in total. The van der Waals surface area contributed by atoms with Crippen LogP contribution in [-0.2, 0) is 19.5 Å². The Morgan fingerprint density at radius 3 is 2.70 bits per heavy atom. The molecule has 146 valence electrons. The summed E-state index contributed by atoms with van der Waals surface area (Å²) in [6.45, 7) is 7.83. The first-order chi connectivity index (χ1) is 13.1. The average Bonchev–Trinajstić information content (AvgIpc) is 3.15.